The van der Waals surface area contributed by atoms with E-state index < -0.39 is 5.82 Å². The van der Waals surface area contributed by atoms with Gasteiger partial charge in [0.25, 0.3) is 0 Å². The summed E-state index contributed by atoms with van der Waals surface area (Å²) in [6, 6.07) is 5.17. The van der Waals surface area contributed by atoms with Crippen LogP contribution in [0.2, 0.25) is 0 Å². The molecular formula is C14H15FN4O3. The summed E-state index contributed by atoms with van der Waals surface area (Å²) in [5.74, 6) is -0.599. The van der Waals surface area contributed by atoms with Gasteiger partial charge in [-0.3, -0.25) is 4.79 Å². The van der Waals surface area contributed by atoms with Crippen molar-refractivity contribution < 1.29 is 18.7 Å². The molecule has 7 nitrogen and oxygen atoms in total. The summed E-state index contributed by atoms with van der Waals surface area (Å²) >= 11 is 0. The maximum Gasteiger partial charge on any atom is 0.196 e. The predicted molar refractivity (Wildman–Crippen MR) is 75.4 cm³/mol. The lowest BCUT2D eigenvalue weighted by Gasteiger charge is -2.07. The second kappa shape index (κ2) is 7.53. The number of rotatable bonds is 8. The Morgan fingerprint density at radius 2 is 2.05 bits per heavy atom. The Labute approximate surface area is 126 Å². The van der Waals surface area contributed by atoms with Gasteiger partial charge in [0.2, 0.25) is 0 Å². The number of Topliss-reactive ketones (excluding diaryl/α,β-unsaturated/α-hetero) is 1. The monoisotopic (exact) mass is 306 g/mol. The van der Waals surface area contributed by atoms with Gasteiger partial charge >= 0.3 is 0 Å². The fraction of sp³-hybridized carbons (Fsp3) is 0.286. The molecule has 0 bridgehead atoms. The SMILES string of the molecule is C=C(C(=O)c1ccc(F)cc1)c1nnnn1COCCOC. The molecule has 0 fully saturated rings. The summed E-state index contributed by atoms with van der Waals surface area (Å²) in [5, 5.41) is 11.0. The Kier molecular flexibility index (Phi) is 5.45. The van der Waals surface area contributed by atoms with E-state index in [-0.39, 0.29) is 23.9 Å². The highest BCUT2D eigenvalue weighted by Gasteiger charge is 2.18. The fourth-order valence-corrected chi connectivity index (χ4v) is 1.68. The molecule has 0 saturated heterocycles. The van der Waals surface area contributed by atoms with Gasteiger partial charge in [-0.1, -0.05) is 6.58 Å². The number of hydrogen-bond donors (Lipinski definition) is 0. The zero-order valence-corrected chi connectivity index (χ0v) is 12.0. The van der Waals surface area contributed by atoms with Crippen molar-refractivity contribution in [2.45, 2.75) is 6.73 Å². The Morgan fingerprint density at radius 1 is 1.32 bits per heavy atom. The second-order valence-corrected chi connectivity index (χ2v) is 4.35. The number of ketones is 1. The van der Waals surface area contributed by atoms with E-state index in [9.17, 15) is 9.18 Å². The van der Waals surface area contributed by atoms with E-state index in [2.05, 4.69) is 22.1 Å². The summed E-state index contributed by atoms with van der Waals surface area (Å²) in [6.45, 7) is 4.59. The minimum absolute atomic E-state index is 0.0708. The van der Waals surface area contributed by atoms with Gasteiger partial charge in [0.1, 0.15) is 12.5 Å². The van der Waals surface area contributed by atoms with Crippen molar-refractivity contribution in [3.05, 3.63) is 48.0 Å². The van der Waals surface area contributed by atoms with Crippen LogP contribution in [-0.4, -0.2) is 46.3 Å². The molecule has 22 heavy (non-hydrogen) atoms. The number of benzene rings is 1. The lowest BCUT2D eigenvalue weighted by Crippen LogP contribution is -2.13. The van der Waals surface area contributed by atoms with Crippen molar-refractivity contribution in [2.75, 3.05) is 20.3 Å². The van der Waals surface area contributed by atoms with Crippen LogP contribution in [0.3, 0.4) is 0 Å². The van der Waals surface area contributed by atoms with E-state index in [1.54, 1.807) is 7.11 Å². The highest BCUT2D eigenvalue weighted by Crippen LogP contribution is 2.16. The van der Waals surface area contributed by atoms with Crippen LogP contribution in [0.25, 0.3) is 5.57 Å². The Hall–Kier alpha value is -2.45. The van der Waals surface area contributed by atoms with Crippen molar-refractivity contribution >= 4 is 11.4 Å². The number of carbonyl (C=O) groups is 1. The van der Waals surface area contributed by atoms with Gasteiger partial charge in [-0.2, -0.15) is 4.68 Å². The normalized spacial score (nSPS) is 10.6. The van der Waals surface area contributed by atoms with Crippen LogP contribution < -0.4 is 0 Å². The number of ether oxygens (including phenoxy) is 2. The summed E-state index contributed by atoms with van der Waals surface area (Å²) in [5.41, 5.74) is 0.410. The van der Waals surface area contributed by atoms with Gasteiger partial charge in [-0.05, 0) is 34.7 Å². The van der Waals surface area contributed by atoms with Gasteiger partial charge in [0, 0.05) is 12.7 Å². The van der Waals surface area contributed by atoms with Crippen LogP contribution in [-0.2, 0) is 16.2 Å². The first kappa shape index (κ1) is 15.9. The van der Waals surface area contributed by atoms with Crippen LogP contribution in [0.1, 0.15) is 16.2 Å². The summed E-state index contributed by atoms with van der Waals surface area (Å²) in [7, 11) is 1.56. The molecule has 0 spiro atoms. The smallest absolute Gasteiger partial charge is 0.196 e. The maximum atomic E-state index is 12.9. The molecule has 1 aromatic carbocycles. The second-order valence-electron chi connectivity index (χ2n) is 4.35. The average Bonchev–Trinajstić information content (AvgIpc) is 2.99. The number of carbonyl (C=O) groups excluding carboxylic acids is 1. The van der Waals surface area contributed by atoms with Crippen LogP contribution in [0.4, 0.5) is 4.39 Å². The number of hydrogen-bond acceptors (Lipinski definition) is 6. The van der Waals surface area contributed by atoms with E-state index in [0.717, 1.165) is 0 Å². The Bertz CT molecular complexity index is 654. The van der Waals surface area contributed by atoms with Gasteiger partial charge in [0.15, 0.2) is 11.6 Å². The number of tetrazole rings is 1. The minimum Gasteiger partial charge on any atom is -0.382 e. The van der Waals surface area contributed by atoms with Crippen molar-refractivity contribution in [1.29, 1.82) is 0 Å². The molecule has 0 radical (unpaired) electrons. The largest absolute Gasteiger partial charge is 0.382 e. The molecule has 2 rings (SSSR count). The van der Waals surface area contributed by atoms with Crippen molar-refractivity contribution in [2.24, 2.45) is 0 Å². The molecule has 8 heteroatoms. The molecule has 116 valence electrons. The van der Waals surface area contributed by atoms with E-state index in [1.807, 2.05) is 0 Å². The van der Waals surface area contributed by atoms with Crippen LogP contribution in [0.15, 0.2) is 30.8 Å². The molecule has 0 aliphatic rings. The standard InChI is InChI=1S/C14H15FN4O3/c1-10(13(20)11-3-5-12(15)6-4-11)14-16-17-18-19(14)9-22-8-7-21-2/h3-6H,1,7-9H2,2H3. The van der Waals surface area contributed by atoms with Gasteiger partial charge in [0.05, 0.1) is 18.8 Å². The molecule has 2 aromatic rings. The molecule has 0 N–H and O–H groups in total. The van der Waals surface area contributed by atoms with E-state index in [0.29, 0.717) is 18.8 Å². The first-order chi connectivity index (χ1) is 10.6. The number of methoxy groups -OCH3 is 1. The quantitative estimate of drug-likeness (QED) is 0.416. The summed E-state index contributed by atoms with van der Waals surface area (Å²) < 4.78 is 24.4. The van der Waals surface area contributed by atoms with Crippen molar-refractivity contribution in [1.82, 2.24) is 20.2 Å². The minimum atomic E-state index is -0.418. The molecule has 0 aliphatic heterocycles. The van der Waals surface area contributed by atoms with E-state index in [4.69, 9.17) is 9.47 Å². The predicted octanol–water partition coefficient (Wildman–Crippen LogP) is 1.33. The van der Waals surface area contributed by atoms with Gasteiger partial charge in [-0.25, -0.2) is 4.39 Å². The molecule has 0 aliphatic carbocycles. The topological polar surface area (TPSA) is 79.1 Å². The zero-order chi connectivity index (χ0) is 15.9. The molecular weight excluding hydrogens is 291 g/mol. The Balaban J connectivity index is 2.07. The highest BCUT2D eigenvalue weighted by atomic mass is 19.1. The first-order valence-electron chi connectivity index (χ1n) is 6.46. The number of halogens is 1. The Morgan fingerprint density at radius 3 is 2.73 bits per heavy atom. The van der Waals surface area contributed by atoms with Crippen LogP contribution >= 0.6 is 0 Å². The van der Waals surface area contributed by atoms with Gasteiger partial charge < -0.3 is 9.47 Å². The third-order valence-corrected chi connectivity index (χ3v) is 2.83. The van der Waals surface area contributed by atoms with E-state index >= 15 is 0 Å². The van der Waals surface area contributed by atoms with Crippen molar-refractivity contribution in [3.8, 4) is 0 Å². The average molecular weight is 306 g/mol. The number of aromatic nitrogens is 4. The summed E-state index contributed by atoms with van der Waals surface area (Å²) in [6.07, 6.45) is 0. The van der Waals surface area contributed by atoms with Crippen LogP contribution in [0.5, 0.6) is 0 Å². The highest BCUT2D eigenvalue weighted by molar-refractivity contribution is 6.27. The molecule has 0 saturated carbocycles. The van der Waals surface area contributed by atoms with Crippen LogP contribution in [0, 0.1) is 5.82 Å². The molecule has 0 amide bonds. The van der Waals surface area contributed by atoms with Gasteiger partial charge in [-0.15, -0.1) is 5.10 Å². The number of allylic oxidation sites excluding steroid dienone is 1. The molecule has 1 heterocycles. The molecule has 0 atom stereocenters. The van der Waals surface area contributed by atoms with Crippen molar-refractivity contribution in [3.63, 3.8) is 0 Å². The zero-order valence-electron chi connectivity index (χ0n) is 12.0. The lowest BCUT2D eigenvalue weighted by atomic mass is 10.0. The first-order valence-corrected chi connectivity index (χ1v) is 6.46. The molecule has 0 unspecified atom stereocenters. The number of nitrogens with zero attached hydrogens (tertiary/aromatic N) is 4. The van der Waals surface area contributed by atoms with E-state index in [1.165, 1.54) is 28.9 Å². The lowest BCUT2D eigenvalue weighted by molar-refractivity contribution is 0.0276. The third kappa shape index (κ3) is 3.80. The fourth-order valence-electron chi connectivity index (χ4n) is 1.68. The summed E-state index contributed by atoms with van der Waals surface area (Å²) in [4.78, 5) is 12.3. The third-order valence-electron chi connectivity index (χ3n) is 2.83. The maximum absolute atomic E-state index is 12.9. The molecule has 1 aromatic heterocycles.